The van der Waals surface area contributed by atoms with Gasteiger partial charge in [0.15, 0.2) is 0 Å². The van der Waals surface area contributed by atoms with Crippen LogP contribution in [0, 0.1) is 0 Å². The molecule has 0 N–H and O–H groups in total. The first-order valence-electron chi connectivity index (χ1n) is 6.56. The molecule has 3 rings (SSSR count). The van der Waals surface area contributed by atoms with Gasteiger partial charge in [0.1, 0.15) is 8.07 Å². The van der Waals surface area contributed by atoms with Crippen LogP contribution in [0.5, 0.6) is 0 Å². The van der Waals surface area contributed by atoms with Gasteiger partial charge in [0.2, 0.25) is 0 Å². The molecule has 0 saturated carbocycles. The van der Waals surface area contributed by atoms with Crippen molar-refractivity contribution in [3.63, 3.8) is 0 Å². The average molecular weight is 228 g/mol. The fraction of sp³-hybridized carbons (Fsp3) is 0.467. The summed E-state index contributed by atoms with van der Waals surface area (Å²) >= 11 is 0. The lowest BCUT2D eigenvalue weighted by Gasteiger charge is -2.31. The lowest BCUT2D eigenvalue weighted by Crippen LogP contribution is -2.36. The summed E-state index contributed by atoms with van der Waals surface area (Å²) in [6.07, 6.45) is 17.3. The summed E-state index contributed by atoms with van der Waals surface area (Å²) in [5.41, 5.74) is 1.60. The first-order valence-corrected chi connectivity index (χ1v) is 8.97. The van der Waals surface area contributed by atoms with Crippen LogP contribution in [0.2, 0.25) is 12.1 Å². The van der Waals surface area contributed by atoms with E-state index < -0.39 is 8.07 Å². The molecule has 1 heterocycles. The Morgan fingerprint density at radius 1 is 1.06 bits per heavy atom. The molecule has 84 valence electrons. The van der Waals surface area contributed by atoms with Crippen molar-refractivity contribution in [2.24, 2.45) is 0 Å². The summed E-state index contributed by atoms with van der Waals surface area (Å²) in [4.78, 5) is 0. The number of hydrogen-bond acceptors (Lipinski definition) is 0. The molecule has 0 aromatic carbocycles. The van der Waals surface area contributed by atoms with Gasteiger partial charge in [-0.05, 0) is 31.9 Å². The predicted octanol–water partition coefficient (Wildman–Crippen LogP) is 4.47. The minimum absolute atomic E-state index is 1.21. The third-order valence-corrected chi connectivity index (χ3v) is 10.4. The van der Waals surface area contributed by atoms with Gasteiger partial charge in [-0.3, -0.25) is 0 Å². The van der Waals surface area contributed by atoms with E-state index in [4.69, 9.17) is 0 Å². The molecule has 0 spiro atoms. The van der Waals surface area contributed by atoms with E-state index in [9.17, 15) is 0 Å². The van der Waals surface area contributed by atoms with E-state index in [1.807, 2.05) is 10.4 Å². The predicted molar refractivity (Wildman–Crippen MR) is 72.9 cm³/mol. The number of allylic oxidation sites excluding steroid dienone is 8. The Morgan fingerprint density at radius 3 is 2.44 bits per heavy atom. The minimum atomic E-state index is -1.21. The molecule has 16 heavy (non-hydrogen) atoms. The lowest BCUT2D eigenvalue weighted by atomic mass is 10.3. The summed E-state index contributed by atoms with van der Waals surface area (Å²) in [6, 6.07) is 3.05. The molecule has 1 heteroatoms. The summed E-state index contributed by atoms with van der Waals surface area (Å²) in [7, 11) is -1.21. The maximum Gasteiger partial charge on any atom is 0.110 e. The van der Waals surface area contributed by atoms with Gasteiger partial charge in [-0.1, -0.05) is 59.2 Å². The van der Waals surface area contributed by atoms with Crippen LogP contribution in [0.3, 0.4) is 0 Å². The standard InChI is InChI=1S/C15H20Si/c1-13-7-6-10-15(13)16(11-4-5-12-16)14-8-2-3-9-14/h2-3,6-8H,4-5,9-12H2,1H3. The molecule has 1 saturated heterocycles. The Labute approximate surface area is 99.5 Å². The minimum Gasteiger partial charge on any atom is -0.0809 e. The van der Waals surface area contributed by atoms with Gasteiger partial charge in [0, 0.05) is 0 Å². The highest BCUT2D eigenvalue weighted by molar-refractivity contribution is 6.93. The van der Waals surface area contributed by atoms with E-state index >= 15 is 0 Å². The number of rotatable bonds is 2. The molecule has 0 unspecified atom stereocenters. The molecule has 0 bridgehead atoms. The Balaban J connectivity index is 2.01. The molecule has 3 aliphatic rings. The maximum atomic E-state index is 2.44. The van der Waals surface area contributed by atoms with Crippen molar-refractivity contribution in [1.29, 1.82) is 0 Å². The Hall–Kier alpha value is -0.823. The zero-order valence-electron chi connectivity index (χ0n) is 10.1. The van der Waals surface area contributed by atoms with Crippen molar-refractivity contribution >= 4 is 8.07 Å². The van der Waals surface area contributed by atoms with E-state index in [2.05, 4.69) is 37.3 Å². The van der Waals surface area contributed by atoms with E-state index in [-0.39, 0.29) is 0 Å². The number of hydrogen-bond donors (Lipinski definition) is 0. The normalized spacial score (nSPS) is 26.9. The topological polar surface area (TPSA) is 0 Å². The monoisotopic (exact) mass is 228 g/mol. The van der Waals surface area contributed by atoms with Crippen LogP contribution in [0.15, 0.2) is 46.3 Å². The van der Waals surface area contributed by atoms with Crippen molar-refractivity contribution < 1.29 is 0 Å². The lowest BCUT2D eigenvalue weighted by molar-refractivity contribution is 0.935. The molecule has 0 aromatic rings. The molecular formula is C15H20Si. The van der Waals surface area contributed by atoms with Crippen LogP contribution in [0.4, 0.5) is 0 Å². The summed E-state index contributed by atoms with van der Waals surface area (Å²) in [5, 5.41) is 3.68. The largest absolute Gasteiger partial charge is 0.110 e. The van der Waals surface area contributed by atoms with Crippen LogP contribution in [0.25, 0.3) is 0 Å². The van der Waals surface area contributed by atoms with Gasteiger partial charge in [0.25, 0.3) is 0 Å². The smallest absolute Gasteiger partial charge is 0.0809 e. The molecule has 0 radical (unpaired) electrons. The fourth-order valence-electron chi connectivity index (χ4n) is 3.79. The van der Waals surface area contributed by atoms with Crippen LogP contribution < -0.4 is 0 Å². The van der Waals surface area contributed by atoms with Crippen LogP contribution in [-0.4, -0.2) is 8.07 Å². The molecule has 0 atom stereocenters. The third kappa shape index (κ3) is 1.41. The zero-order valence-corrected chi connectivity index (χ0v) is 11.1. The Morgan fingerprint density at radius 2 is 1.88 bits per heavy atom. The van der Waals surface area contributed by atoms with Crippen molar-refractivity contribution in [3.05, 3.63) is 46.3 Å². The van der Waals surface area contributed by atoms with Gasteiger partial charge >= 0.3 is 0 Å². The Bertz CT molecular complexity index is 415. The quantitative estimate of drug-likeness (QED) is 0.612. The first kappa shape index (κ1) is 10.3. The van der Waals surface area contributed by atoms with Gasteiger partial charge in [-0.2, -0.15) is 0 Å². The van der Waals surface area contributed by atoms with Crippen molar-refractivity contribution in [2.45, 2.75) is 44.7 Å². The summed E-state index contributed by atoms with van der Waals surface area (Å²) < 4.78 is 0. The molecule has 0 nitrogen and oxygen atoms in total. The first-order chi connectivity index (χ1) is 7.83. The summed E-state index contributed by atoms with van der Waals surface area (Å²) in [6.45, 7) is 2.33. The molecule has 0 aromatic heterocycles. The SMILES string of the molecule is CC1=C([Si]2(C3=CC=CC3)CCCC2)CC=C1. The van der Waals surface area contributed by atoms with Gasteiger partial charge in [0.05, 0.1) is 0 Å². The van der Waals surface area contributed by atoms with E-state index in [0.29, 0.717) is 0 Å². The second-order valence-corrected chi connectivity index (χ2v) is 9.79. The summed E-state index contributed by atoms with van der Waals surface area (Å²) in [5.74, 6) is 0. The van der Waals surface area contributed by atoms with Crippen molar-refractivity contribution in [3.8, 4) is 0 Å². The molecule has 2 aliphatic carbocycles. The Kier molecular flexibility index (Phi) is 2.51. The fourth-order valence-corrected chi connectivity index (χ4v) is 9.65. The zero-order chi connectivity index (χ0) is 11.0. The molecule has 0 amide bonds. The van der Waals surface area contributed by atoms with Gasteiger partial charge < -0.3 is 0 Å². The molecule has 1 fully saturated rings. The van der Waals surface area contributed by atoms with Crippen molar-refractivity contribution in [2.75, 3.05) is 0 Å². The average Bonchev–Trinajstić information content (AvgIpc) is 2.97. The van der Waals surface area contributed by atoms with Crippen LogP contribution >= 0.6 is 0 Å². The third-order valence-electron chi connectivity index (χ3n) is 4.59. The highest BCUT2D eigenvalue weighted by atomic mass is 28.3. The molecular weight excluding hydrogens is 208 g/mol. The van der Waals surface area contributed by atoms with E-state index in [0.717, 1.165) is 0 Å². The molecule has 1 aliphatic heterocycles. The van der Waals surface area contributed by atoms with Gasteiger partial charge in [-0.25, -0.2) is 0 Å². The second-order valence-electron chi connectivity index (χ2n) is 5.38. The van der Waals surface area contributed by atoms with Gasteiger partial charge in [-0.15, -0.1) is 0 Å². The van der Waals surface area contributed by atoms with Crippen molar-refractivity contribution in [1.82, 2.24) is 0 Å². The highest BCUT2D eigenvalue weighted by Crippen LogP contribution is 2.46. The maximum absolute atomic E-state index is 2.44. The van der Waals surface area contributed by atoms with E-state index in [1.54, 1.807) is 5.57 Å². The highest BCUT2D eigenvalue weighted by Gasteiger charge is 2.43. The van der Waals surface area contributed by atoms with Crippen LogP contribution in [-0.2, 0) is 0 Å². The second kappa shape index (κ2) is 3.88. The van der Waals surface area contributed by atoms with E-state index in [1.165, 1.54) is 37.8 Å². The van der Waals surface area contributed by atoms with Crippen LogP contribution in [0.1, 0.15) is 32.6 Å².